The molecule has 1 N–H and O–H groups in total. The Hall–Kier alpha value is -3.73. The predicted molar refractivity (Wildman–Crippen MR) is 138 cm³/mol. The summed E-state index contributed by atoms with van der Waals surface area (Å²) in [5.41, 5.74) is 1.20. The van der Waals surface area contributed by atoms with Gasteiger partial charge in [-0.15, -0.1) is 11.3 Å². The Balaban J connectivity index is 1.76. The number of benzene rings is 2. The van der Waals surface area contributed by atoms with Crippen molar-refractivity contribution < 1.29 is 9.53 Å². The maximum absolute atomic E-state index is 13.4. The number of carbonyl (C=O) groups excluding carboxylic acids is 1. The molecule has 0 atom stereocenters. The molecular formula is C26H22ClN5O3S. The first-order chi connectivity index (χ1) is 17.5. The van der Waals surface area contributed by atoms with Crippen LogP contribution >= 0.6 is 22.9 Å². The molecular weight excluding hydrogens is 498 g/mol. The number of carbonyl (C=O) groups is 1. The molecule has 1 aliphatic rings. The lowest BCUT2D eigenvalue weighted by Crippen LogP contribution is -2.42. The van der Waals surface area contributed by atoms with E-state index in [-0.39, 0.29) is 15.8 Å². The molecule has 1 aromatic heterocycles. The van der Waals surface area contributed by atoms with Gasteiger partial charge in [-0.3, -0.25) is 19.1 Å². The Labute approximate surface area is 216 Å². The van der Waals surface area contributed by atoms with Crippen LogP contribution in [-0.4, -0.2) is 54.8 Å². The number of hydrogen-bond acceptors (Lipinski definition) is 7. The zero-order valence-electron chi connectivity index (χ0n) is 19.2. The second-order valence-electron chi connectivity index (χ2n) is 7.96. The van der Waals surface area contributed by atoms with Crippen LogP contribution in [-0.2, 0) is 9.53 Å². The van der Waals surface area contributed by atoms with Crippen molar-refractivity contribution in [2.24, 2.45) is 0 Å². The molecule has 182 valence electrons. The molecule has 0 radical (unpaired) electrons. The summed E-state index contributed by atoms with van der Waals surface area (Å²) in [5, 5.41) is 22.2. The number of rotatable bonds is 6. The van der Waals surface area contributed by atoms with Gasteiger partial charge in [0.1, 0.15) is 10.7 Å². The van der Waals surface area contributed by atoms with Crippen molar-refractivity contribution in [1.82, 2.24) is 14.8 Å². The van der Waals surface area contributed by atoms with E-state index in [1.807, 2.05) is 6.07 Å². The fourth-order valence-electron chi connectivity index (χ4n) is 3.72. The average Bonchev–Trinajstić information content (AvgIpc) is 3.21. The molecule has 1 saturated heterocycles. The van der Waals surface area contributed by atoms with Crippen LogP contribution in [0.3, 0.4) is 0 Å². The maximum Gasteiger partial charge on any atom is 0.273 e. The fraction of sp³-hybridized carbons (Fsp3) is 0.231. The Morgan fingerprint density at radius 1 is 1.11 bits per heavy atom. The molecule has 1 amide bonds. The molecule has 3 aromatic rings. The van der Waals surface area contributed by atoms with Crippen LogP contribution in [0, 0.1) is 22.7 Å². The number of nitrogens with one attached hydrogen (secondary N) is 1. The standard InChI is InChI=1S/C26H22ClN5O3S/c27-20-5-7-21(8-6-20)32-25(34)23(15-18-1-3-19(16-28)4-2-18)36-26(32)22(17-29)24(33)30-9-10-31-11-13-35-14-12-31/h1-8,15H,9-14H2,(H,30,33)/b23-15-,26-22-. The fourth-order valence-corrected chi connectivity index (χ4v) is 4.94. The number of nitriles is 2. The number of morpholine rings is 1. The molecule has 2 aromatic carbocycles. The first-order valence-electron chi connectivity index (χ1n) is 11.2. The third kappa shape index (κ3) is 5.91. The van der Waals surface area contributed by atoms with Gasteiger partial charge in [-0.25, -0.2) is 0 Å². The molecule has 2 heterocycles. The van der Waals surface area contributed by atoms with E-state index in [9.17, 15) is 14.9 Å². The average molecular weight is 520 g/mol. The summed E-state index contributed by atoms with van der Waals surface area (Å²) in [6.45, 7) is 3.90. The highest BCUT2D eigenvalue weighted by atomic mass is 35.5. The van der Waals surface area contributed by atoms with Crippen LogP contribution in [0.2, 0.25) is 5.02 Å². The molecule has 0 spiro atoms. The summed E-state index contributed by atoms with van der Waals surface area (Å²) in [4.78, 5) is 28.6. The Bertz CT molecular complexity index is 1510. The van der Waals surface area contributed by atoms with Crippen molar-refractivity contribution in [3.63, 3.8) is 0 Å². The largest absolute Gasteiger partial charge is 0.379 e. The molecule has 8 nitrogen and oxygen atoms in total. The SMILES string of the molecule is N#C/C(C(=O)NCCN1CCOCC1)=c1/s/c(=C\c2ccc(C#N)cc2)c(=O)n1-c1ccc(Cl)cc1. The summed E-state index contributed by atoms with van der Waals surface area (Å²) in [7, 11) is 0. The van der Waals surface area contributed by atoms with Crippen molar-refractivity contribution in [3.8, 4) is 17.8 Å². The smallest absolute Gasteiger partial charge is 0.273 e. The van der Waals surface area contributed by atoms with Crippen molar-refractivity contribution in [1.29, 1.82) is 10.5 Å². The lowest BCUT2D eigenvalue weighted by molar-refractivity contribution is -0.115. The van der Waals surface area contributed by atoms with E-state index in [4.69, 9.17) is 21.6 Å². The second-order valence-corrected chi connectivity index (χ2v) is 9.43. The topological polar surface area (TPSA) is 111 Å². The summed E-state index contributed by atoms with van der Waals surface area (Å²) in [6.07, 6.45) is 1.68. The molecule has 1 fully saturated rings. The minimum Gasteiger partial charge on any atom is -0.379 e. The molecule has 0 bridgehead atoms. The minimum atomic E-state index is -0.542. The quantitative estimate of drug-likeness (QED) is 0.526. The van der Waals surface area contributed by atoms with Crippen molar-refractivity contribution in [3.05, 3.63) is 84.2 Å². The van der Waals surface area contributed by atoms with Crippen LogP contribution < -0.4 is 20.1 Å². The first kappa shape index (κ1) is 25.4. The molecule has 1 aliphatic heterocycles. The van der Waals surface area contributed by atoms with Crippen LogP contribution in [0.4, 0.5) is 0 Å². The van der Waals surface area contributed by atoms with Crippen LogP contribution in [0.5, 0.6) is 0 Å². The van der Waals surface area contributed by atoms with E-state index in [2.05, 4.69) is 16.3 Å². The lowest BCUT2D eigenvalue weighted by Gasteiger charge is -2.26. The van der Waals surface area contributed by atoms with Gasteiger partial charge in [0.25, 0.3) is 11.5 Å². The normalized spacial score (nSPS) is 15.1. The predicted octanol–water partition coefficient (Wildman–Crippen LogP) is 1.38. The van der Waals surface area contributed by atoms with Crippen molar-refractivity contribution >= 4 is 40.5 Å². The summed E-state index contributed by atoms with van der Waals surface area (Å²) in [6, 6.07) is 17.5. The molecule has 0 aliphatic carbocycles. The van der Waals surface area contributed by atoms with Gasteiger partial charge in [0.2, 0.25) is 0 Å². The zero-order chi connectivity index (χ0) is 25.5. The molecule has 0 unspecified atom stereocenters. The highest BCUT2D eigenvalue weighted by Crippen LogP contribution is 2.12. The van der Waals surface area contributed by atoms with Gasteiger partial charge in [0, 0.05) is 31.2 Å². The van der Waals surface area contributed by atoms with E-state index in [1.54, 1.807) is 54.6 Å². The van der Waals surface area contributed by atoms with Crippen molar-refractivity contribution in [2.45, 2.75) is 0 Å². The van der Waals surface area contributed by atoms with E-state index in [0.717, 1.165) is 30.0 Å². The third-order valence-electron chi connectivity index (χ3n) is 5.62. The number of amides is 1. The van der Waals surface area contributed by atoms with Crippen LogP contribution in [0.15, 0.2) is 53.3 Å². The molecule has 0 saturated carbocycles. The number of aromatic nitrogens is 1. The van der Waals surface area contributed by atoms with Crippen LogP contribution in [0.25, 0.3) is 17.3 Å². The number of nitrogens with zero attached hydrogens (tertiary/aromatic N) is 4. The Morgan fingerprint density at radius 2 is 1.81 bits per heavy atom. The Morgan fingerprint density at radius 3 is 2.44 bits per heavy atom. The third-order valence-corrected chi connectivity index (χ3v) is 6.96. The van der Waals surface area contributed by atoms with Gasteiger partial charge >= 0.3 is 0 Å². The maximum atomic E-state index is 13.4. The van der Waals surface area contributed by atoms with E-state index in [0.29, 0.717) is 47.1 Å². The van der Waals surface area contributed by atoms with Gasteiger partial charge in [0.15, 0.2) is 5.57 Å². The Kier molecular flexibility index (Phi) is 8.32. The summed E-state index contributed by atoms with van der Waals surface area (Å²) < 4.78 is 7.27. The highest BCUT2D eigenvalue weighted by molar-refractivity contribution is 7.07. The second kappa shape index (κ2) is 11.8. The van der Waals surface area contributed by atoms with Crippen molar-refractivity contribution in [2.75, 3.05) is 39.4 Å². The number of hydrogen-bond donors (Lipinski definition) is 1. The van der Waals surface area contributed by atoms with Gasteiger partial charge < -0.3 is 10.1 Å². The van der Waals surface area contributed by atoms with E-state index < -0.39 is 5.91 Å². The van der Waals surface area contributed by atoms with E-state index in [1.165, 1.54) is 4.57 Å². The number of halogens is 1. The number of thiazole rings is 1. The van der Waals surface area contributed by atoms with E-state index >= 15 is 0 Å². The highest BCUT2D eigenvalue weighted by Gasteiger charge is 2.18. The zero-order valence-corrected chi connectivity index (χ0v) is 20.8. The number of ether oxygens (including phenoxy) is 1. The molecule has 10 heteroatoms. The first-order valence-corrected chi connectivity index (χ1v) is 12.4. The monoisotopic (exact) mass is 519 g/mol. The minimum absolute atomic E-state index is 0.145. The molecule has 4 rings (SSSR count). The van der Waals surface area contributed by atoms with Gasteiger partial charge in [-0.1, -0.05) is 23.7 Å². The lowest BCUT2D eigenvalue weighted by atomic mass is 10.1. The van der Waals surface area contributed by atoms with Crippen LogP contribution in [0.1, 0.15) is 11.1 Å². The summed E-state index contributed by atoms with van der Waals surface area (Å²) in [5.74, 6) is -0.542. The summed E-state index contributed by atoms with van der Waals surface area (Å²) >= 11 is 7.09. The van der Waals surface area contributed by atoms with Gasteiger partial charge in [-0.2, -0.15) is 10.5 Å². The molecule has 36 heavy (non-hydrogen) atoms. The van der Waals surface area contributed by atoms with Gasteiger partial charge in [-0.05, 0) is 48.0 Å². The van der Waals surface area contributed by atoms with Gasteiger partial charge in [0.05, 0.1) is 35.1 Å².